The zero-order valence-corrected chi connectivity index (χ0v) is 14.0. The van der Waals surface area contributed by atoms with Gasteiger partial charge in [0.05, 0.1) is 10.6 Å². The molecule has 9 heteroatoms. The third-order valence-electron chi connectivity index (χ3n) is 2.40. The molecule has 1 heterocycles. The van der Waals surface area contributed by atoms with Gasteiger partial charge in [-0.15, -0.1) is 0 Å². The molecule has 1 N–H and O–H groups in total. The third-order valence-corrected chi connectivity index (χ3v) is 3.72. The first kappa shape index (κ1) is 15.1. The molecule has 0 amide bonds. The van der Waals surface area contributed by atoms with E-state index in [1.54, 1.807) is 12.1 Å². The molecule has 2 rings (SSSR count). The van der Waals surface area contributed by atoms with E-state index < -0.39 is 4.92 Å². The molecule has 1 aromatic carbocycles. The van der Waals surface area contributed by atoms with Crippen molar-refractivity contribution in [2.75, 3.05) is 5.32 Å². The van der Waals surface area contributed by atoms with Crippen molar-refractivity contribution in [2.24, 2.45) is 0 Å². The molecule has 0 saturated carbocycles. The zero-order chi connectivity index (χ0) is 14.9. The molecule has 0 aliphatic heterocycles. The number of benzene rings is 1. The summed E-state index contributed by atoms with van der Waals surface area (Å²) in [6, 6.07) is 5.36. The lowest BCUT2D eigenvalue weighted by Crippen LogP contribution is -2.04. The van der Waals surface area contributed by atoms with Crippen molar-refractivity contribution in [3.63, 3.8) is 0 Å². The number of aromatic nitrogens is 2. The van der Waals surface area contributed by atoms with Crippen LogP contribution in [-0.4, -0.2) is 14.9 Å². The Kier molecular flexibility index (Phi) is 4.56. The molecule has 0 aliphatic rings. The topological polar surface area (TPSA) is 81.0 Å². The summed E-state index contributed by atoms with van der Waals surface area (Å²) in [4.78, 5) is 18.2. The molecule has 0 saturated heterocycles. The van der Waals surface area contributed by atoms with E-state index in [0.717, 1.165) is 8.95 Å². The number of halogens is 3. The molecule has 0 unspecified atom stereocenters. The first-order chi connectivity index (χ1) is 9.38. The fourth-order valence-corrected chi connectivity index (χ4v) is 2.91. The Balaban J connectivity index is 2.50. The summed E-state index contributed by atoms with van der Waals surface area (Å²) in [6.07, 6.45) is 0. The summed E-state index contributed by atoms with van der Waals surface area (Å²) >= 11 is 12.4. The Hall–Kier alpha value is -1.25. The highest BCUT2D eigenvalue weighted by molar-refractivity contribution is 9.11. The predicted octanol–water partition coefficient (Wildman–Crippen LogP) is 4.62. The maximum Gasteiger partial charge on any atom is 0.332 e. The predicted molar refractivity (Wildman–Crippen MR) is 83.6 cm³/mol. The van der Waals surface area contributed by atoms with Crippen molar-refractivity contribution in [2.45, 2.75) is 6.92 Å². The van der Waals surface area contributed by atoms with Gasteiger partial charge in [0.25, 0.3) is 0 Å². The molecular weight excluding hydrogens is 415 g/mol. The smallest absolute Gasteiger partial charge is 0.332 e. The average molecular weight is 422 g/mol. The van der Waals surface area contributed by atoms with E-state index in [4.69, 9.17) is 11.6 Å². The van der Waals surface area contributed by atoms with Crippen molar-refractivity contribution in [3.8, 4) is 0 Å². The van der Waals surface area contributed by atoms with Crippen LogP contribution in [0.3, 0.4) is 0 Å². The van der Waals surface area contributed by atoms with Crippen LogP contribution in [0.25, 0.3) is 0 Å². The summed E-state index contributed by atoms with van der Waals surface area (Å²) in [6.45, 7) is 1.51. The quantitative estimate of drug-likeness (QED) is 0.444. The lowest BCUT2D eigenvalue weighted by Gasteiger charge is -2.09. The number of rotatable bonds is 3. The second kappa shape index (κ2) is 6.02. The minimum atomic E-state index is -0.541. The molecule has 0 aliphatic carbocycles. The first-order valence-corrected chi connectivity index (χ1v) is 7.25. The summed E-state index contributed by atoms with van der Waals surface area (Å²) in [5.41, 5.74) is 0.625. The van der Waals surface area contributed by atoms with Gasteiger partial charge in [0, 0.05) is 8.95 Å². The van der Waals surface area contributed by atoms with Crippen LogP contribution < -0.4 is 5.32 Å². The molecule has 0 fully saturated rings. The minimum Gasteiger partial charge on any atom is -0.333 e. The highest BCUT2D eigenvalue weighted by atomic mass is 79.9. The number of nitro groups is 1. The van der Waals surface area contributed by atoms with Gasteiger partial charge in [0.1, 0.15) is 5.69 Å². The lowest BCUT2D eigenvalue weighted by molar-refractivity contribution is -0.385. The Morgan fingerprint density at radius 1 is 1.35 bits per heavy atom. The normalized spacial score (nSPS) is 10.4. The van der Waals surface area contributed by atoms with Crippen LogP contribution in [0.1, 0.15) is 5.69 Å². The van der Waals surface area contributed by atoms with Gasteiger partial charge in [-0.3, -0.25) is 10.1 Å². The van der Waals surface area contributed by atoms with Crippen LogP contribution in [0, 0.1) is 17.0 Å². The number of hydrogen-bond donors (Lipinski definition) is 1. The van der Waals surface area contributed by atoms with E-state index >= 15 is 0 Å². The van der Waals surface area contributed by atoms with Gasteiger partial charge in [0.15, 0.2) is 0 Å². The molecule has 6 nitrogen and oxygen atoms in total. The average Bonchev–Trinajstić information content (AvgIpc) is 2.31. The molecule has 2 aromatic rings. The number of hydrogen-bond acceptors (Lipinski definition) is 5. The van der Waals surface area contributed by atoms with E-state index in [-0.39, 0.29) is 22.5 Å². The van der Waals surface area contributed by atoms with Gasteiger partial charge in [-0.05, 0) is 52.7 Å². The molecule has 0 radical (unpaired) electrons. The van der Waals surface area contributed by atoms with E-state index in [1.807, 2.05) is 6.07 Å². The van der Waals surface area contributed by atoms with Crippen molar-refractivity contribution >= 4 is 60.7 Å². The van der Waals surface area contributed by atoms with Crippen molar-refractivity contribution < 1.29 is 4.92 Å². The van der Waals surface area contributed by atoms with Crippen molar-refractivity contribution in [3.05, 3.63) is 48.2 Å². The molecule has 0 spiro atoms. The molecular formula is C11H7Br2ClN4O2. The van der Waals surface area contributed by atoms with Crippen LogP contribution in [0.4, 0.5) is 17.2 Å². The molecule has 1 aromatic heterocycles. The Labute approximate surface area is 136 Å². The Morgan fingerprint density at radius 2 is 2.05 bits per heavy atom. The molecule has 0 atom stereocenters. The zero-order valence-electron chi connectivity index (χ0n) is 10.0. The van der Waals surface area contributed by atoms with Crippen LogP contribution in [-0.2, 0) is 0 Å². The lowest BCUT2D eigenvalue weighted by atomic mass is 10.3. The van der Waals surface area contributed by atoms with Crippen LogP contribution in [0.15, 0.2) is 27.1 Å². The van der Waals surface area contributed by atoms with Crippen LogP contribution in [0.2, 0.25) is 5.28 Å². The highest BCUT2D eigenvalue weighted by Crippen LogP contribution is 2.33. The largest absolute Gasteiger partial charge is 0.333 e. The maximum atomic E-state index is 11.1. The van der Waals surface area contributed by atoms with Crippen molar-refractivity contribution in [1.29, 1.82) is 0 Å². The number of nitrogens with one attached hydrogen (secondary N) is 1. The highest BCUT2D eigenvalue weighted by Gasteiger charge is 2.22. The number of aryl methyl sites for hydroxylation is 1. The Morgan fingerprint density at radius 3 is 2.65 bits per heavy atom. The summed E-state index contributed by atoms with van der Waals surface area (Å²) in [7, 11) is 0. The maximum absolute atomic E-state index is 11.1. The van der Waals surface area contributed by atoms with E-state index in [1.165, 1.54) is 6.92 Å². The van der Waals surface area contributed by atoms with Gasteiger partial charge < -0.3 is 5.32 Å². The Bertz CT molecular complexity index is 696. The standard InChI is InChI=1S/C11H7Br2ClN4O2/c1-5-9(18(19)20)10(17-11(14)15-5)16-8-3-2-6(12)4-7(8)13/h2-4H,1H3,(H,15,16,17). The van der Waals surface area contributed by atoms with Gasteiger partial charge in [-0.2, -0.15) is 4.98 Å². The fraction of sp³-hybridized carbons (Fsp3) is 0.0909. The second-order valence-corrected chi connectivity index (χ2v) is 5.89. The molecule has 20 heavy (non-hydrogen) atoms. The van der Waals surface area contributed by atoms with Gasteiger partial charge in [0.2, 0.25) is 11.1 Å². The van der Waals surface area contributed by atoms with E-state index in [2.05, 4.69) is 47.1 Å². The SMILES string of the molecule is Cc1nc(Cl)nc(Nc2ccc(Br)cc2Br)c1[N+](=O)[O-]. The van der Waals surface area contributed by atoms with E-state index in [0.29, 0.717) is 5.69 Å². The summed E-state index contributed by atoms with van der Waals surface area (Å²) in [5.74, 6) is 0.0514. The second-order valence-electron chi connectivity index (χ2n) is 3.78. The number of nitrogens with zero attached hydrogens (tertiary/aromatic N) is 3. The van der Waals surface area contributed by atoms with Gasteiger partial charge in [-0.25, -0.2) is 4.98 Å². The first-order valence-electron chi connectivity index (χ1n) is 5.29. The van der Waals surface area contributed by atoms with Crippen molar-refractivity contribution in [1.82, 2.24) is 9.97 Å². The summed E-state index contributed by atoms with van der Waals surface area (Å²) in [5, 5.41) is 13.9. The van der Waals surface area contributed by atoms with Crippen LogP contribution in [0.5, 0.6) is 0 Å². The van der Waals surface area contributed by atoms with Gasteiger partial charge >= 0.3 is 5.69 Å². The third kappa shape index (κ3) is 3.25. The monoisotopic (exact) mass is 420 g/mol. The van der Waals surface area contributed by atoms with Gasteiger partial charge in [-0.1, -0.05) is 15.9 Å². The van der Waals surface area contributed by atoms with Crippen LogP contribution >= 0.6 is 43.5 Å². The minimum absolute atomic E-state index is 0.0514. The summed E-state index contributed by atoms with van der Waals surface area (Å²) < 4.78 is 1.61. The number of anilines is 2. The molecule has 0 bridgehead atoms. The van der Waals surface area contributed by atoms with E-state index in [9.17, 15) is 10.1 Å². The molecule has 104 valence electrons. The fourth-order valence-electron chi connectivity index (χ4n) is 1.56.